The highest BCUT2D eigenvalue weighted by Gasteiger charge is 2.21. The number of rotatable bonds is 79. The van der Waals surface area contributed by atoms with Crippen molar-refractivity contribution in [1.29, 1.82) is 0 Å². The third-order valence-electron chi connectivity index (χ3n) is 18.5. The first-order valence-electron chi connectivity index (χ1n) is 43.8. The lowest BCUT2D eigenvalue weighted by Crippen LogP contribution is -2.41. The summed E-state index contributed by atoms with van der Waals surface area (Å²) in [7, 11) is 3.06. The molecule has 0 aliphatic rings. The van der Waals surface area contributed by atoms with Gasteiger partial charge in [-0.15, -0.1) is 0 Å². The average molecular weight is 1860 g/mol. The Balaban J connectivity index is 6.89. The summed E-state index contributed by atoms with van der Waals surface area (Å²) in [4.78, 5) is 260. The molecule has 0 aromatic rings. The van der Waals surface area contributed by atoms with Gasteiger partial charge < -0.3 is 136 Å². The zero-order valence-corrected chi connectivity index (χ0v) is 78.1. The minimum Gasteiger partial charge on any atom is -0.355 e. The Hall–Kier alpha value is -10.1. The van der Waals surface area contributed by atoms with Crippen LogP contribution >= 0.6 is 21.6 Å². The van der Waals surface area contributed by atoms with Gasteiger partial charge in [-0.3, -0.25) is 95.9 Å². The van der Waals surface area contributed by atoms with Crippen LogP contribution in [0.2, 0.25) is 0 Å². The van der Waals surface area contributed by atoms with E-state index < -0.39 is 0 Å². The monoisotopic (exact) mass is 1860 g/mol. The van der Waals surface area contributed by atoms with Crippen LogP contribution in [0, 0.1) is 0 Å². The zero-order valence-electron chi connectivity index (χ0n) is 76.4. The smallest absolute Gasteiger partial charge is 0.221 e. The SMILES string of the molecule is CC(=O)NCCNC(=O)CCN(CCNC(=O)CCN(CCSSCCN(CCC(=O)NCCN(CCC(=O)NCCNC(C)=O)CCC(=O)NCCNC(C)=O)CCC(=O)NCCN(CCC(=O)NCCNC(C)=O)CCC(=O)NCCNC(C)=O)CCC(=O)NCCN(CCC(=O)NCCNC(C)=O)CCC(=O)NCCNC(C)=O)CCC(=O)NCCNC(C)=O. The maximum atomic E-state index is 13.7. The topological polar surface area (TPSA) is 601 Å². The second-order valence-electron chi connectivity index (χ2n) is 29.8. The molecule has 730 valence electrons. The molecule has 0 unspecified atom stereocenters. The fourth-order valence-corrected chi connectivity index (χ4v) is 13.6. The van der Waals surface area contributed by atoms with E-state index in [0.29, 0.717) is 24.6 Å². The summed E-state index contributed by atoms with van der Waals surface area (Å²) >= 11 is 0. The third-order valence-corrected chi connectivity index (χ3v) is 20.9. The molecule has 0 aliphatic heterocycles. The van der Waals surface area contributed by atoms with Crippen LogP contribution in [0.4, 0.5) is 0 Å². The van der Waals surface area contributed by atoms with Crippen molar-refractivity contribution < 1.29 is 95.9 Å². The van der Waals surface area contributed by atoms with Gasteiger partial charge in [0.1, 0.15) is 0 Å². The van der Waals surface area contributed by atoms with Crippen molar-refractivity contribution in [3.05, 3.63) is 0 Å². The molecule has 46 nitrogen and oxygen atoms in total. The maximum Gasteiger partial charge on any atom is 0.221 e. The lowest BCUT2D eigenvalue weighted by molar-refractivity contribution is -0.123. The molecule has 0 saturated heterocycles. The molecule has 0 radical (unpaired) electrons. The van der Waals surface area contributed by atoms with E-state index in [1.807, 2.05) is 29.4 Å². The molecular formula is C80H148N26O20S2. The molecule has 20 N–H and O–H groups in total. The van der Waals surface area contributed by atoms with E-state index in [1.165, 1.54) is 77.0 Å². The highest BCUT2D eigenvalue weighted by atomic mass is 33.1. The number of carbonyl (C=O) groups excluding carboxylic acids is 20. The predicted molar refractivity (Wildman–Crippen MR) is 485 cm³/mol. The summed E-state index contributed by atoms with van der Waals surface area (Å²) in [5.74, 6) is -4.47. The highest BCUT2D eigenvalue weighted by Crippen LogP contribution is 2.21. The van der Waals surface area contributed by atoms with E-state index in [2.05, 4.69) is 106 Å². The van der Waals surface area contributed by atoms with E-state index in [9.17, 15) is 95.9 Å². The van der Waals surface area contributed by atoms with Crippen molar-refractivity contribution in [2.45, 2.75) is 132 Å². The molecule has 0 fully saturated rings. The molecule has 0 aromatic carbocycles. The highest BCUT2D eigenvalue weighted by molar-refractivity contribution is 8.76. The average Bonchev–Trinajstić information content (AvgIpc) is 0.962. The Morgan fingerprint density at radius 2 is 0.242 bits per heavy atom. The standard InChI is InChI=1S/C80H148N26O20S2/c1-61(107)81-21-29-89-69(115)9-41-101(42-10-70(116)90-30-22-82-62(2)108)53-37-97-77(123)17-49-105(50-18-78(124)98-38-54-102(43-11-71(117)91-31-23-83-63(3)109)44-12-72(118)92-32-24-84-64(4)110)57-59-127-128-60-58-106(51-19-79(125)99-39-55-103(45-13-73(119)93-33-25-85-65(5)111)46-14-74(120)94-34-26-86-66(6)112)52-20-80(126)100-40-56-104(47-15-75(121)95-35-27-87-67(7)113)48-16-76(122)96-36-28-88-68(8)114/h9-60H2,1-8H3,(H,81,107)(H,82,108)(H,83,109)(H,84,110)(H,85,111)(H,86,112)(H,87,113)(H,88,114)(H,89,115)(H,90,116)(H,91,117)(H,92,118)(H,93,119)(H,94,120)(H,95,121)(H,96,122)(H,97,123)(H,98,124)(H,99,125)(H,100,126). The summed E-state index contributed by atoms with van der Waals surface area (Å²) in [6.07, 6.45) is 0.523. The fraction of sp³-hybridized carbons (Fsp3) is 0.750. The quantitative estimate of drug-likeness (QED) is 0.0199. The number of carbonyl (C=O) groups is 20. The van der Waals surface area contributed by atoms with Crippen molar-refractivity contribution >= 4 is 140 Å². The Morgan fingerprint density at radius 1 is 0.141 bits per heavy atom. The molecule has 48 heteroatoms. The van der Waals surface area contributed by atoms with Gasteiger partial charge in [0, 0.05) is 393 Å². The van der Waals surface area contributed by atoms with Crippen molar-refractivity contribution in [2.75, 3.05) is 260 Å². The molecular weight excluding hydrogens is 1710 g/mol. The van der Waals surface area contributed by atoms with Gasteiger partial charge in [0.25, 0.3) is 0 Å². The number of hydrogen-bond donors (Lipinski definition) is 20. The molecule has 0 atom stereocenters. The molecule has 0 aromatic heterocycles. The first-order valence-corrected chi connectivity index (χ1v) is 46.3. The molecule has 0 spiro atoms. The van der Waals surface area contributed by atoms with E-state index in [1.54, 1.807) is 0 Å². The summed E-state index contributed by atoms with van der Waals surface area (Å²) in [5, 5.41) is 54.7. The van der Waals surface area contributed by atoms with Gasteiger partial charge in [-0.25, -0.2) is 0 Å². The largest absolute Gasteiger partial charge is 0.355 e. The maximum absolute atomic E-state index is 13.7. The van der Waals surface area contributed by atoms with Crippen LogP contribution in [-0.4, -0.2) is 408 Å². The number of nitrogens with one attached hydrogen (secondary N) is 20. The van der Waals surface area contributed by atoms with Crippen LogP contribution in [0.1, 0.15) is 132 Å². The van der Waals surface area contributed by atoms with Gasteiger partial charge in [0.2, 0.25) is 118 Å². The van der Waals surface area contributed by atoms with E-state index in [0.717, 1.165) is 0 Å². The van der Waals surface area contributed by atoms with Crippen LogP contribution in [0.25, 0.3) is 0 Å². The van der Waals surface area contributed by atoms with Crippen molar-refractivity contribution in [2.24, 2.45) is 0 Å². The molecule has 0 bridgehead atoms. The number of amides is 20. The normalized spacial score (nSPS) is 10.9. The number of nitrogens with zero attached hydrogens (tertiary/aromatic N) is 6. The second kappa shape index (κ2) is 77.9. The van der Waals surface area contributed by atoms with Gasteiger partial charge in [-0.05, 0) is 0 Å². The zero-order chi connectivity index (χ0) is 95.3. The van der Waals surface area contributed by atoms with Gasteiger partial charge >= 0.3 is 0 Å². The van der Waals surface area contributed by atoms with Gasteiger partial charge in [0.15, 0.2) is 0 Å². The summed E-state index contributed by atoms with van der Waals surface area (Å²) in [6.45, 7) is 19.7. The fourth-order valence-electron chi connectivity index (χ4n) is 11.6. The molecule has 128 heavy (non-hydrogen) atoms. The van der Waals surface area contributed by atoms with E-state index >= 15 is 0 Å². The predicted octanol–water partition coefficient (Wildman–Crippen LogP) is -8.66. The van der Waals surface area contributed by atoms with Crippen LogP contribution in [0.3, 0.4) is 0 Å². The first-order chi connectivity index (χ1) is 61.1. The first kappa shape index (κ1) is 118. The Kier molecular flexibility index (Phi) is 71.8. The van der Waals surface area contributed by atoms with Crippen LogP contribution < -0.4 is 106 Å². The van der Waals surface area contributed by atoms with E-state index in [4.69, 9.17) is 0 Å². The van der Waals surface area contributed by atoms with Gasteiger partial charge in [-0.2, -0.15) is 0 Å². The van der Waals surface area contributed by atoms with Crippen molar-refractivity contribution in [3.8, 4) is 0 Å². The molecule has 20 amide bonds. The molecule has 0 heterocycles. The Labute approximate surface area is 760 Å². The number of hydrogen-bond acceptors (Lipinski definition) is 28. The van der Waals surface area contributed by atoms with Gasteiger partial charge in [-0.1, -0.05) is 21.6 Å². The molecule has 0 aliphatic carbocycles. The second-order valence-corrected chi connectivity index (χ2v) is 32.5. The van der Waals surface area contributed by atoms with Crippen molar-refractivity contribution in [1.82, 2.24) is 136 Å². The molecule has 0 saturated carbocycles. The summed E-state index contributed by atoms with van der Waals surface area (Å²) in [5.41, 5.74) is 0. The summed E-state index contributed by atoms with van der Waals surface area (Å²) in [6, 6.07) is 0. The minimum absolute atomic E-state index is 0.0170. The van der Waals surface area contributed by atoms with Crippen LogP contribution in [0.15, 0.2) is 0 Å². The lowest BCUT2D eigenvalue weighted by atomic mass is 10.3. The Morgan fingerprint density at radius 3 is 0.359 bits per heavy atom. The van der Waals surface area contributed by atoms with Crippen molar-refractivity contribution in [3.63, 3.8) is 0 Å². The van der Waals surface area contributed by atoms with Crippen LogP contribution in [-0.2, 0) is 95.9 Å². The summed E-state index contributed by atoms with van der Waals surface area (Å²) < 4.78 is 0. The van der Waals surface area contributed by atoms with E-state index in [-0.39, 0.29) is 431 Å². The lowest BCUT2D eigenvalue weighted by Gasteiger charge is -2.24. The Bertz CT molecular complexity index is 2810. The minimum atomic E-state index is -0.311. The molecule has 0 rings (SSSR count). The van der Waals surface area contributed by atoms with Crippen LogP contribution in [0.5, 0.6) is 0 Å². The third kappa shape index (κ3) is 79.3. The van der Waals surface area contributed by atoms with Gasteiger partial charge in [0.05, 0.1) is 0 Å².